The molecule has 9 aromatic carbocycles. The molecule has 11 aromatic rings. The summed E-state index contributed by atoms with van der Waals surface area (Å²) >= 11 is 0. The second-order valence-corrected chi connectivity index (χ2v) is 15.1. The van der Waals surface area contributed by atoms with Gasteiger partial charge < -0.3 is 4.42 Å². The molecule has 272 valence electrons. The number of fused-ring (bicyclic) bond motifs is 7. The topological polar surface area (TPSA) is 62.7 Å². The summed E-state index contributed by atoms with van der Waals surface area (Å²) in [6.45, 7) is 0. The van der Waals surface area contributed by atoms with Crippen LogP contribution < -0.4 is 0 Å². The van der Waals surface area contributed by atoms with Gasteiger partial charge in [0.1, 0.15) is 11.2 Å². The molecule has 1 aliphatic carbocycles. The third kappa shape index (κ3) is 5.09. The van der Waals surface area contributed by atoms with Crippen LogP contribution in [-0.2, 0) is 0 Å². The molecule has 0 bridgehead atoms. The number of rotatable bonds is 5. The van der Waals surface area contributed by atoms with Crippen molar-refractivity contribution in [2.45, 2.75) is 0 Å². The number of aromatic nitrogens is 2. The molecule has 0 spiro atoms. The predicted octanol–water partition coefficient (Wildman–Crippen LogP) is 14.5. The highest BCUT2D eigenvalue weighted by Gasteiger charge is 2.26. The maximum atomic E-state index is 9.61. The zero-order chi connectivity index (χ0) is 39.0. The Morgan fingerprint density at radius 2 is 0.881 bits per heavy atom. The van der Waals surface area contributed by atoms with E-state index in [4.69, 9.17) is 14.4 Å². The Bertz CT molecular complexity index is 3530. The molecule has 0 atom stereocenters. The van der Waals surface area contributed by atoms with E-state index >= 15 is 0 Å². The molecular formula is C55H31N3O. The number of hydrogen-bond donors (Lipinski definition) is 0. The maximum Gasteiger partial charge on any atom is 0.160 e. The summed E-state index contributed by atoms with van der Waals surface area (Å²) in [7, 11) is 0. The van der Waals surface area contributed by atoms with Crippen molar-refractivity contribution in [3.63, 3.8) is 0 Å². The van der Waals surface area contributed by atoms with Crippen molar-refractivity contribution in [2.75, 3.05) is 0 Å². The van der Waals surface area contributed by atoms with E-state index in [9.17, 15) is 5.26 Å². The first-order chi connectivity index (χ1) is 29.2. The Balaban J connectivity index is 1.11. The van der Waals surface area contributed by atoms with Crippen LogP contribution in [0.2, 0.25) is 0 Å². The summed E-state index contributed by atoms with van der Waals surface area (Å²) in [6.07, 6.45) is 0. The fourth-order valence-corrected chi connectivity index (χ4v) is 9.27. The van der Waals surface area contributed by atoms with Gasteiger partial charge in [-0.3, -0.25) is 0 Å². The maximum absolute atomic E-state index is 9.61. The molecule has 0 aliphatic heterocycles. The fraction of sp³-hybridized carbons (Fsp3) is 0. The highest BCUT2D eigenvalue weighted by molar-refractivity contribution is 6.24. The molecule has 1 aliphatic rings. The number of nitriles is 1. The quantitative estimate of drug-likeness (QED) is 0.176. The Morgan fingerprint density at radius 3 is 1.61 bits per heavy atom. The van der Waals surface area contributed by atoms with Crippen LogP contribution in [0.5, 0.6) is 0 Å². The van der Waals surface area contributed by atoms with E-state index in [-0.39, 0.29) is 0 Å². The van der Waals surface area contributed by atoms with E-state index in [0.29, 0.717) is 11.4 Å². The van der Waals surface area contributed by atoms with Gasteiger partial charge in [-0.05, 0) is 96.4 Å². The average molecular weight is 750 g/mol. The number of benzene rings is 9. The number of furan rings is 1. The third-order valence-corrected chi connectivity index (χ3v) is 11.9. The smallest absolute Gasteiger partial charge is 0.160 e. The predicted molar refractivity (Wildman–Crippen MR) is 241 cm³/mol. The Kier molecular flexibility index (Phi) is 7.26. The average Bonchev–Trinajstić information content (AvgIpc) is 3.86. The van der Waals surface area contributed by atoms with E-state index in [1.165, 1.54) is 33.0 Å². The molecule has 2 aromatic heterocycles. The minimum atomic E-state index is 0.645. The zero-order valence-electron chi connectivity index (χ0n) is 31.6. The monoisotopic (exact) mass is 749 g/mol. The molecule has 59 heavy (non-hydrogen) atoms. The van der Waals surface area contributed by atoms with Gasteiger partial charge in [-0.25, -0.2) is 9.97 Å². The lowest BCUT2D eigenvalue weighted by Crippen LogP contribution is -1.97. The molecule has 12 rings (SSSR count). The van der Waals surface area contributed by atoms with E-state index in [0.717, 1.165) is 83.0 Å². The van der Waals surface area contributed by atoms with E-state index < -0.39 is 0 Å². The third-order valence-electron chi connectivity index (χ3n) is 11.9. The fourth-order valence-electron chi connectivity index (χ4n) is 9.27. The van der Waals surface area contributed by atoms with Crippen molar-refractivity contribution >= 4 is 43.5 Å². The van der Waals surface area contributed by atoms with E-state index in [1.807, 2.05) is 54.6 Å². The van der Waals surface area contributed by atoms with Crippen LogP contribution in [-0.4, -0.2) is 9.97 Å². The Labute approximate surface area is 339 Å². The Morgan fingerprint density at radius 1 is 0.356 bits per heavy atom. The molecule has 2 heterocycles. The highest BCUT2D eigenvalue weighted by atomic mass is 16.3. The van der Waals surface area contributed by atoms with Crippen molar-refractivity contribution in [2.24, 2.45) is 0 Å². The molecule has 0 unspecified atom stereocenters. The first-order valence-electron chi connectivity index (χ1n) is 19.8. The summed E-state index contributed by atoms with van der Waals surface area (Å²) in [4.78, 5) is 10.5. The summed E-state index contributed by atoms with van der Waals surface area (Å²) in [5, 5.41) is 16.4. The van der Waals surface area contributed by atoms with Gasteiger partial charge in [-0.1, -0.05) is 158 Å². The van der Waals surface area contributed by atoms with Gasteiger partial charge in [-0.2, -0.15) is 5.26 Å². The second kappa shape index (κ2) is 13.0. The van der Waals surface area contributed by atoms with Crippen molar-refractivity contribution in [3.05, 3.63) is 194 Å². The lowest BCUT2D eigenvalue weighted by molar-refractivity contribution is 0.669. The van der Waals surface area contributed by atoms with E-state index in [2.05, 4.69) is 140 Å². The van der Waals surface area contributed by atoms with Crippen LogP contribution in [0.3, 0.4) is 0 Å². The summed E-state index contributed by atoms with van der Waals surface area (Å²) < 4.78 is 6.32. The minimum absolute atomic E-state index is 0.645. The molecule has 4 nitrogen and oxygen atoms in total. The van der Waals surface area contributed by atoms with Gasteiger partial charge in [0.25, 0.3) is 0 Å². The first kappa shape index (κ1) is 33.1. The number of hydrogen-bond acceptors (Lipinski definition) is 4. The lowest BCUT2D eigenvalue weighted by atomic mass is 9.86. The standard InChI is InChI=1S/C55H31N3O/c56-32-33-21-23-34(24-22-33)36-25-28-43-39-15-6-7-16-40(39)44-29-30-45(53(36)54(43)44)41-26-27-42(38-14-5-4-13-37(38)41)48-31-49(58-55(57-48)35-11-2-1-3-12-35)46-18-10-20-51-52(46)47-17-8-9-19-50(47)59-51/h1-31H. The largest absolute Gasteiger partial charge is 0.456 e. The molecule has 0 amide bonds. The van der Waals surface area contributed by atoms with Crippen molar-refractivity contribution < 1.29 is 4.42 Å². The molecular weight excluding hydrogens is 719 g/mol. The van der Waals surface area contributed by atoms with Crippen molar-refractivity contribution in [3.8, 4) is 84.5 Å². The van der Waals surface area contributed by atoms with Gasteiger partial charge in [-0.15, -0.1) is 0 Å². The zero-order valence-corrected chi connectivity index (χ0v) is 31.6. The van der Waals surface area contributed by atoms with Crippen LogP contribution in [0.25, 0.3) is 122 Å². The Hall–Kier alpha value is -8.13. The van der Waals surface area contributed by atoms with Crippen molar-refractivity contribution in [1.29, 1.82) is 5.26 Å². The molecule has 0 saturated heterocycles. The molecule has 4 heteroatoms. The van der Waals surface area contributed by atoms with E-state index in [1.54, 1.807) is 0 Å². The van der Waals surface area contributed by atoms with Gasteiger partial charge in [0.2, 0.25) is 0 Å². The summed E-state index contributed by atoms with van der Waals surface area (Å²) in [6, 6.07) is 67.9. The molecule has 0 radical (unpaired) electrons. The first-order valence-corrected chi connectivity index (χ1v) is 19.8. The van der Waals surface area contributed by atoms with Crippen molar-refractivity contribution in [1.82, 2.24) is 9.97 Å². The molecule has 0 saturated carbocycles. The minimum Gasteiger partial charge on any atom is -0.456 e. The number of nitrogens with zero attached hydrogens (tertiary/aromatic N) is 3. The molecule has 0 fully saturated rings. The van der Waals surface area contributed by atoms with Gasteiger partial charge in [0, 0.05) is 27.5 Å². The van der Waals surface area contributed by atoms with Gasteiger partial charge in [0.05, 0.1) is 23.0 Å². The van der Waals surface area contributed by atoms with Crippen LogP contribution in [0.1, 0.15) is 5.56 Å². The summed E-state index contributed by atoms with van der Waals surface area (Å²) in [5.74, 6) is 0.662. The normalized spacial score (nSPS) is 11.7. The highest BCUT2D eigenvalue weighted by Crippen LogP contribution is 2.53. The van der Waals surface area contributed by atoms with Gasteiger partial charge >= 0.3 is 0 Å². The number of para-hydroxylation sites is 1. The SMILES string of the molecule is N#Cc1ccc(-c2ccc3c4c(ccc(-c5ccc(-c6cc(-c7cccc8oc9ccccc9c78)nc(-c7ccccc7)n6)c6ccccc56)c24)-c2ccccc2-3)cc1. The van der Waals surface area contributed by atoms with Gasteiger partial charge in [0.15, 0.2) is 5.82 Å². The van der Waals surface area contributed by atoms with Crippen LogP contribution in [0.4, 0.5) is 0 Å². The lowest BCUT2D eigenvalue weighted by Gasteiger charge is -2.18. The molecule has 0 N–H and O–H groups in total. The summed E-state index contributed by atoms with van der Waals surface area (Å²) in [5.41, 5.74) is 16.5. The second-order valence-electron chi connectivity index (χ2n) is 15.1. The van der Waals surface area contributed by atoms with Crippen LogP contribution in [0, 0.1) is 11.3 Å². The van der Waals surface area contributed by atoms with Crippen LogP contribution in [0.15, 0.2) is 192 Å². The van der Waals surface area contributed by atoms with Crippen LogP contribution >= 0.6 is 0 Å².